The van der Waals surface area contributed by atoms with Crippen LogP contribution in [0.4, 0.5) is 0 Å². The molecule has 6 nitrogen and oxygen atoms in total. The van der Waals surface area contributed by atoms with E-state index in [2.05, 4.69) is 113 Å². The van der Waals surface area contributed by atoms with Crippen molar-refractivity contribution >= 4 is 76.7 Å². The minimum atomic E-state index is 0. The standard InChI is InChI=1S/C45H27N5O.Pd/c1-26-9-7-10-27(2)42(26)33-12-8-11-32-30-19-17-28(23-34(30)45-48-38-14-4-6-16-41(38)50(45)43(32)33)51-29-18-20-31-35(24-29)44-47-37-13-3-5-15-40(37)49(44)39-21-22-46-25-36(31)39;/h3-22,25H,1-2H3;/q-2;+2. The van der Waals surface area contributed by atoms with Crippen LogP contribution in [0.1, 0.15) is 11.1 Å². The van der Waals surface area contributed by atoms with Crippen molar-refractivity contribution in [1.29, 1.82) is 0 Å². The van der Waals surface area contributed by atoms with Crippen molar-refractivity contribution in [2.75, 3.05) is 0 Å². The number of para-hydroxylation sites is 5. The monoisotopic (exact) mass is 759 g/mol. The molecule has 11 aromatic rings. The molecule has 0 fully saturated rings. The van der Waals surface area contributed by atoms with Gasteiger partial charge in [0, 0.05) is 40.5 Å². The minimum absolute atomic E-state index is 0. The van der Waals surface area contributed by atoms with E-state index < -0.39 is 0 Å². The number of imidazole rings is 2. The van der Waals surface area contributed by atoms with E-state index in [9.17, 15) is 0 Å². The van der Waals surface area contributed by atoms with Crippen molar-refractivity contribution in [3.8, 4) is 22.6 Å². The summed E-state index contributed by atoms with van der Waals surface area (Å²) < 4.78 is 11.1. The van der Waals surface area contributed by atoms with Gasteiger partial charge in [-0.05, 0) is 71.6 Å². The third-order valence-corrected chi connectivity index (χ3v) is 10.3. The van der Waals surface area contributed by atoms with Crippen molar-refractivity contribution in [2.24, 2.45) is 0 Å². The average Bonchev–Trinajstić information content (AvgIpc) is 3.75. The molecule has 0 aliphatic carbocycles. The van der Waals surface area contributed by atoms with Crippen LogP contribution in [0.25, 0.3) is 87.8 Å². The third-order valence-electron chi connectivity index (χ3n) is 10.3. The second-order valence-electron chi connectivity index (χ2n) is 13.2. The fourth-order valence-corrected chi connectivity index (χ4v) is 8.08. The largest absolute Gasteiger partial charge is 2.00 e. The summed E-state index contributed by atoms with van der Waals surface area (Å²) in [6.07, 6.45) is 3.74. The van der Waals surface area contributed by atoms with Crippen LogP contribution < -0.4 is 4.74 Å². The minimum Gasteiger partial charge on any atom is -0.497 e. The van der Waals surface area contributed by atoms with Crippen LogP contribution in [0.3, 0.4) is 0 Å². The fourth-order valence-electron chi connectivity index (χ4n) is 8.08. The fraction of sp³-hybridized carbons (Fsp3) is 0.0444. The molecule has 0 atom stereocenters. The van der Waals surface area contributed by atoms with Gasteiger partial charge in [-0.15, -0.1) is 12.1 Å². The van der Waals surface area contributed by atoms with Crippen molar-refractivity contribution in [1.82, 2.24) is 23.8 Å². The Hall–Kier alpha value is -6.13. The van der Waals surface area contributed by atoms with E-state index in [1.807, 2.05) is 54.9 Å². The summed E-state index contributed by atoms with van der Waals surface area (Å²) in [4.78, 5) is 14.7. The van der Waals surface area contributed by atoms with Gasteiger partial charge in [-0.3, -0.25) is 15.0 Å². The van der Waals surface area contributed by atoms with Gasteiger partial charge in [0.25, 0.3) is 0 Å². The first-order valence-electron chi connectivity index (χ1n) is 17.0. The number of aromatic nitrogens is 5. The summed E-state index contributed by atoms with van der Waals surface area (Å²) >= 11 is 0. The Labute approximate surface area is 311 Å². The molecule has 0 amide bonds. The molecule has 0 unspecified atom stereocenters. The number of ether oxygens (including phenoxy) is 1. The van der Waals surface area contributed by atoms with E-state index in [1.165, 1.54) is 22.3 Å². The van der Waals surface area contributed by atoms with Crippen LogP contribution in [0, 0.1) is 26.0 Å². The molecule has 52 heavy (non-hydrogen) atoms. The first-order valence-corrected chi connectivity index (χ1v) is 17.0. The third kappa shape index (κ3) is 4.30. The predicted molar refractivity (Wildman–Crippen MR) is 206 cm³/mol. The van der Waals surface area contributed by atoms with Gasteiger partial charge in [0.2, 0.25) is 0 Å². The van der Waals surface area contributed by atoms with Crippen molar-refractivity contribution in [2.45, 2.75) is 13.8 Å². The maximum atomic E-state index is 6.59. The molecule has 0 spiro atoms. The van der Waals surface area contributed by atoms with Crippen LogP contribution in [-0.2, 0) is 20.4 Å². The molecule has 0 radical (unpaired) electrons. The molecule has 0 N–H and O–H groups in total. The van der Waals surface area contributed by atoms with Crippen molar-refractivity contribution in [3.63, 3.8) is 0 Å². The molecule has 11 rings (SSSR count). The van der Waals surface area contributed by atoms with E-state index in [0.717, 1.165) is 76.7 Å². The molecular formula is C45H27N5OPd. The normalized spacial score (nSPS) is 11.9. The molecule has 0 aliphatic heterocycles. The summed E-state index contributed by atoms with van der Waals surface area (Å²) in [5.41, 5.74) is 12.7. The van der Waals surface area contributed by atoms with Gasteiger partial charge < -0.3 is 13.5 Å². The van der Waals surface area contributed by atoms with Gasteiger partial charge in [-0.2, -0.15) is 0 Å². The van der Waals surface area contributed by atoms with Gasteiger partial charge in [0.15, 0.2) is 0 Å². The number of hydrogen-bond acceptors (Lipinski definition) is 4. The second kappa shape index (κ2) is 11.4. The maximum Gasteiger partial charge on any atom is 2.00 e. The number of aryl methyl sites for hydroxylation is 2. The van der Waals surface area contributed by atoms with E-state index in [0.29, 0.717) is 11.5 Å². The summed E-state index contributed by atoms with van der Waals surface area (Å²) in [6, 6.07) is 47.0. The number of nitrogens with zero attached hydrogens (tertiary/aromatic N) is 5. The maximum absolute atomic E-state index is 6.59. The molecule has 0 saturated carbocycles. The number of benzene rings is 6. The van der Waals surface area contributed by atoms with Gasteiger partial charge in [0.1, 0.15) is 0 Å². The van der Waals surface area contributed by atoms with Gasteiger partial charge in [0.05, 0.1) is 33.4 Å². The summed E-state index contributed by atoms with van der Waals surface area (Å²) in [5.74, 6) is 1.17. The predicted octanol–water partition coefficient (Wildman–Crippen LogP) is 11.0. The molecular weight excluding hydrogens is 733 g/mol. The van der Waals surface area contributed by atoms with Gasteiger partial charge >= 0.3 is 20.4 Å². The van der Waals surface area contributed by atoms with E-state index in [4.69, 9.17) is 14.7 Å². The first-order chi connectivity index (χ1) is 25.1. The van der Waals surface area contributed by atoms with Crippen molar-refractivity contribution in [3.05, 3.63) is 151 Å². The van der Waals surface area contributed by atoms with Crippen molar-refractivity contribution < 1.29 is 25.2 Å². The Kier molecular flexibility index (Phi) is 6.75. The Bertz CT molecular complexity index is 3250. The van der Waals surface area contributed by atoms with Crippen LogP contribution in [0.15, 0.2) is 128 Å². The molecule has 5 heterocycles. The Morgan fingerprint density at radius 3 is 1.83 bits per heavy atom. The summed E-state index contributed by atoms with van der Waals surface area (Å²) in [6.45, 7) is 4.37. The molecule has 5 aromatic heterocycles. The van der Waals surface area contributed by atoms with Gasteiger partial charge in [-0.1, -0.05) is 106 Å². The zero-order chi connectivity index (χ0) is 33.8. The van der Waals surface area contributed by atoms with Crippen LogP contribution >= 0.6 is 0 Å². The topological polar surface area (TPSA) is 56.7 Å². The Morgan fingerprint density at radius 1 is 0.538 bits per heavy atom. The Morgan fingerprint density at radius 2 is 1.13 bits per heavy atom. The van der Waals surface area contributed by atoms with Crippen LogP contribution in [0.5, 0.6) is 11.5 Å². The number of fused-ring (bicyclic) bond motifs is 16. The van der Waals surface area contributed by atoms with Gasteiger partial charge in [-0.25, -0.2) is 0 Å². The molecule has 0 bridgehead atoms. The molecule has 0 aliphatic rings. The zero-order valence-electron chi connectivity index (χ0n) is 28.1. The second-order valence-corrected chi connectivity index (χ2v) is 13.2. The van der Waals surface area contributed by atoms with E-state index in [-0.39, 0.29) is 20.4 Å². The van der Waals surface area contributed by atoms with E-state index >= 15 is 0 Å². The molecule has 6 aromatic carbocycles. The number of pyridine rings is 3. The first kappa shape index (κ1) is 30.7. The molecule has 7 heteroatoms. The Balaban J connectivity index is 0.00000338. The van der Waals surface area contributed by atoms with E-state index in [1.54, 1.807) is 0 Å². The quantitative estimate of drug-likeness (QED) is 0.102. The SMILES string of the molecule is Cc1cccc(C)c1-c1cccc2c3ccc(Oc4[c-]c5c(cc4)c4cnccc4n4c6ccccc6nc54)[c-]c3c3nc4ccccc4n3c12.[Pd+2]. The summed E-state index contributed by atoms with van der Waals surface area (Å²) in [7, 11) is 0. The smallest absolute Gasteiger partial charge is 0.497 e. The van der Waals surface area contributed by atoms with Crippen LogP contribution in [0.2, 0.25) is 0 Å². The molecule has 0 saturated heterocycles. The summed E-state index contributed by atoms with van der Waals surface area (Å²) in [5, 5.41) is 6.03. The van der Waals surface area contributed by atoms with Crippen LogP contribution in [-0.4, -0.2) is 23.8 Å². The molecule has 248 valence electrons. The average molecular weight is 760 g/mol. The number of hydrogen-bond donors (Lipinski definition) is 0. The number of rotatable bonds is 3. The zero-order valence-corrected chi connectivity index (χ0v) is 29.6.